The molecule has 1 saturated heterocycles. The molecule has 4 rings (SSSR count). The molecule has 1 aliphatic rings. The molecule has 0 bridgehead atoms. The highest BCUT2D eigenvalue weighted by atomic mass is 19.4. The van der Waals surface area contributed by atoms with E-state index in [1.54, 1.807) is 12.4 Å². The number of para-hydroxylation sites is 2. The zero-order chi connectivity index (χ0) is 24.3. The van der Waals surface area contributed by atoms with E-state index in [0.717, 1.165) is 29.0 Å². The number of aromatic nitrogens is 2. The first-order valence-electron chi connectivity index (χ1n) is 10.9. The van der Waals surface area contributed by atoms with Crippen molar-refractivity contribution < 1.29 is 13.2 Å². The molecular formula is C24H24F3N7. The molecule has 3 aromatic rings. The molecule has 1 N–H and O–H groups in total. The van der Waals surface area contributed by atoms with Crippen LogP contribution in [0.15, 0.2) is 59.7 Å². The van der Waals surface area contributed by atoms with E-state index in [1.807, 2.05) is 29.2 Å². The summed E-state index contributed by atoms with van der Waals surface area (Å²) in [5.41, 5.74) is 1.07. The lowest BCUT2D eigenvalue weighted by Crippen LogP contribution is -2.58. The number of hydrogen-bond donors (Lipinski definition) is 1. The van der Waals surface area contributed by atoms with E-state index in [0.29, 0.717) is 19.6 Å². The number of nitrogens with one attached hydrogen (secondary N) is 1. The molecule has 1 aliphatic heterocycles. The quantitative estimate of drug-likeness (QED) is 0.340. The van der Waals surface area contributed by atoms with Crippen LogP contribution in [-0.2, 0) is 6.18 Å². The van der Waals surface area contributed by atoms with Gasteiger partial charge >= 0.3 is 6.18 Å². The van der Waals surface area contributed by atoms with Crippen molar-refractivity contribution in [3.05, 3.63) is 60.3 Å². The highest BCUT2D eigenvalue weighted by Crippen LogP contribution is 2.31. The van der Waals surface area contributed by atoms with Gasteiger partial charge in [0.2, 0.25) is 12.2 Å². The fourth-order valence-electron chi connectivity index (χ4n) is 4.07. The molecule has 0 radical (unpaired) electrons. The van der Waals surface area contributed by atoms with Crippen molar-refractivity contribution >= 4 is 28.5 Å². The molecule has 1 atom stereocenters. The van der Waals surface area contributed by atoms with Crippen LogP contribution in [-0.4, -0.2) is 46.5 Å². The van der Waals surface area contributed by atoms with E-state index in [1.165, 1.54) is 12.1 Å². The van der Waals surface area contributed by atoms with Crippen LogP contribution in [0.3, 0.4) is 0 Å². The summed E-state index contributed by atoms with van der Waals surface area (Å²) in [6.45, 7) is 5.80. The minimum atomic E-state index is -4.46. The van der Waals surface area contributed by atoms with Crippen LogP contribution < -0.4 is 10.2 Å². The lowest BCUT2D eigenvalue weighted by Gasteiger charge is -2.44. The lowest BCUT2D eigenvalue weighted by molar-refractivity contribution is -0.137. The van der Waals surface area contributed by atoms with E-state index >= 15 is 0 Å². The topological polar surface area (TPSA) is 80.4 Å². The molecular weight excluding hydrogens is 443 g/mol. The number of aliphatic imine (C=N–C) groups is 1. The zero-order valence-electron chi connectivity index (χ0n) is 18.8. The number of fused-ring (bicyclic) bond motifs is 1. The van der Waals surface area contributed by atoms with E-state index < -0.39 is 11.7 Å². The first-order valence-corrected chi connectivity index (χ1v) is 10.9. The summed E-state index contributed by atoms with van der Waals surface area (Å²) in [5.74, 6) is 1.15. The number of benzene rings is 2. The Kier molecular flexibility index (Phi) is 6.54. The predicted molar refractivity (Wildman–Crippen MR) is 125 cm³/mol. The van der Waals surface area contributed by atoms with Gasteiger partial charge in [0.25, 0.3) is 0 Å². The first kappa shape index (κ1) is 23.3. The van der Waals surface area contributed by atoms with Gasteiger partial charge in [0, 0.05) is 25.3 Å². The average Bonchev–Trinajstić information content (AvgIpc) is 2.83. The molecule has 1 unspecified atom stereocenters. The molecule has 0 spiro atoms. The van der Waals surface area contributed by atoms with Crippen molar-refractivity contribution in [3.8, 4) is 6.19 Å². The van der Waals surface area contributed by atoms with Crippen LogP contribution in [0.25, 0.3) is 11.0 Å². The van der Waals surface area contributed by atoms with Crippen LogP contribution in [0.4, 0.5) is 24.7 Å². The van der Waals surface area contributed by atoms with Gasteiger partial charge in [-0.05, 0) is 36.2 Å². The summed E-state index contributed by atoms with van der Waals surface area (Å²) in [6, 6.07) is 12.5. The summed E-state index contributed by atoms with van der Waals surface area (Å²) < 4.78 is 39.4. The van der Waals surface area contributed by atoms with Gasteiger partial charge in [-0.1, -0.05) is 32.0 Å². The summed E-state index contributed by atoms with van der Waals surface area (Å²) in [4.78, 5) is 17.2. The largest absolute Gasteiger partial charge is 0.416 e. The third-order valence-corrected chi connectivity index (χ3v) is 5.82. The highest BCUT2D eigenvalue weighted by molar-refractivity contribution is 5.94. The molecule has 7 nitrogen and oxygen atoms in total. The van der Waals surface area contributed by atoms with Crippen molar-refractivity contribution in [2.75, 3.05) is 29.9 Å². The summed E-state index contributed by atoms with van der Waals surface area (Å²) in [6.07, 6.45) is -0.932. The third-order valence-electron chi connectivity index (χ3n) is 5.82. The van der Waals surface area contributed by atoms with Gasteiger partial charge in [-0.2, -0.15) is 18.4 Å². The fraction of sp³-hybridized carbons (Fsp3) is 0.333. The smallest absolute Gasteiger partial charge is 0.351 e. The van der Waals surface area contributed by atoms with E-state index in [4.69, 9.17) is 4.98 Å². The maximum absolute atomic E-state index is 13.1. The monoisotopic (exact) mass is 467 g/mol. The number of alkyl halides is 3. The van der Waals surface area contributed by atoms with Gasteiger partial charge in [-0.25, -0.2) is 4.98 Å². The highest BCUT2D eigenvalue weighted by Gasteiger charge is 2.33. The van der Waals surface area contributed by atoms with Gasteiger partial charge in [0.15, 0.2) is 0 Å². The number of rotatable bonds is 3. The van der Waals surface area contributed by atoms with E-state index in [9.17, 15) is 18.4 Å². The molecule has 1 aromatic heterocycles. The average molecular weight is 467 g/mol. The Hall–Kier alpha value is -3.87. The van der Waals surface area contributed by atoms with Crippen molar-refractivity contribution in [3.63, 3.8) is 0 Å². The van der Waals surface area contributed by atoms with Gasteiger partial charge in [0.05, 0.1) is 28.8 Å². The molecule has 176 valence electrons. The Bertz CT molecular complexity index is 1230. The molecule has 0 amide bonds. The van der Waals surface area contributed by atoms with Crippen LogP contribution in [0.2, 0.25) is 0 Å². The van der Waals surface area contributed by atoms with Crippen LogP contribution in [0.5, 0.6) is 0 Å². The van der Waals surface area contributed by atoms with Crippen LogP contribution >= 0.6 is 0 Å². The lowest BCUT2D eigenvalue weighted by atomic mass is 9.99. The maximum Gasteiger partial charge on any atom is 0.416 e. The molecule has 10 heteroatoms. The van der Waals surface area contributed by atoms with Crippen molar-refractivity contribution in [2.45, 2.75) is 26.1 Å². The van der Waals surface area contributed by atoms with E-state index in [-0.39, 0.29) is 23.6 Å². The molecule has 1 fully saturated rings. The number of hydrogen-bond acceptors (Lipinski definition) is 5. The Labute approximate surface area is 195 Å². The second-order valence-corrected chi connectivity index (χ2v) is 8.41. The standard InChI is InChI=1S/C24H24F3N7/c1-16(2)21-14-33(22-13-29-19-8-3-4-9-20(19)32-22)10-11-34(21)23(30-15-28)31-18-7-5-6-17(12-18)24(25,26)27/h3-9,12-13,16,21H,10-11,14H2,1-2H3,(H,30,31). The number of nitrogens with zero attached hydrogens (tertiary/aromatic N) is 6. The number of piperazine rings is 1. The molecule has 0 aliphatic carbocycles. The van der Waals surface area contributed by atoms with Gasteiger partial charge < -0.3 is 15.1 Å². The maximum atomic E-state index is 13.1. The summed E-state index contributed by atoms with van der Waals surface area (Å²) >= 11 is 0. The van der Waals surface area contributed by atoms with Gasteiger partial charge in [0.1, 0.15) is 5.82 Å². The molecule has 2 heterocycles. The summed E-state index contributed by atoms with van der Waals surface area (Å²) in [5, 5.41) is 12.2. The number of nitriles is 1. The second-order valence-electron chi connectivity index (χ2n) is 8.41. The third kappa shape index (κ3) is 5.03. The van der Waals surface area contributed by atoms with Crippen molar-refractivity contribution in [1.82, 2.24) is 14.9 Å². The number of anilines is 2. The molecule has 2 aromatic carbocycles. The predicted octanol–water partition coefficient (Wildman–Crippen LogP) is 4.74. The normalized spacial score (nSPS) is 17.2. The molecule has 0 saturated carbocycles. The Morgan fingerprint density at radius 2 is 1.91 bits per heavy atom. The number of halogens is 3. The van der Waals surface area contributed by atoms with E-state index in [2.05, 4.69) is 34.0 Å². The van der Waals surface area contributed by atoms with Crippen molar-refractivity contribution in [1.29, 1.82) is 5.26 Å². The fourth-order valence-corrected chi connectivity index (χ4v) is 4.07. The van der Waals surface area contributed by atoms with Crippen LogP contribution in [0, 0.1) is 17.4 Å². The zero-order valence-corrected chi connectivity index (χ0v) is 18.8. The van der Waals surface area contributed by atoms with Crippen LogP contribution in [0.1, 0.15) is 19.4 Å². The Morgan fingerprint density at radius 1 is 1.15 bits per heavy atom. The number of guanidine groups is 1. The Morgan fingerprint density at radius 3 is 2.62 bits per heavy atom. The molecule has 34 heavy (non-hydrogen) atoms. The second kappa shape index (κ2) is 9.55. The Balaban J connectivity index is 1.57. The van der Waals surface area contributed by atoms with Gasteiger partial charge in [-0.3, -0.25) is 4.98 Å². The summed E-state index contributed by atoms with van der Waals surface area (Å²) in [7, 11) is 0. The minimum Gasteiger partial charge on any atom is -0.351 e. The van der Waals surface area contributed by atoms with Gasteiger partial charge in [-0.15, -0.1) is 4.99 Å². The first-order chi connectivity index (χ1) is 16.3. The SMILES string of the molecule is CC(C)C1CN(c2cnc3ccccc3n2)CCN1/C(=N/C#N)Nc1cccc(C(F)(F)F)c1. The minimum absolute atomic E-state index is 0.0626. The van der Waals surface area contributed by atoms with Crippen molar-refractivity contribution in [2.24, 2.45) is 10.9 Å².